The molecule has 0 spiro atoms. The highest BCUT2D eigenvalue weighted by molar-refractivity contribution is 9.10. The Labute approximate surface area is 214 Å². The second kappa shape index (κ2) is 10.6. The molecule has 0 saturated carbocycles. The van der Waals surface area contributed by atoms with Crippen LogP contribution in [0.25, 0.3) is 11.3 Å². The van der Waals surface area contributed by atoms with Gasteiger partial charge in [0, 0.05) is 42.4 Å². The molecule has 4 heterocycles. The van der Waals surface area contributed by atoms with E-state index in [-0.39, 0.29) is 12.1 Å². The van der Waals surface area contributed by atoms with Crippen molar-refractivity contribution in [1.29, 1.82) is 0 Å². The van der Waals surface area contributed by atoms with Gasteiger partial charge in [-0.25, -0.2) is 0 Å². The molecule has 178 valence electrons. The number of pyridine rings is 1. The van der Waals surface area contributed by atoms with E-state index in [2.05, 4.69) is 67.2 Å². The van der Waals surface area contributed by atoms with Crippen molar-refractivity contribution in [3.05, 3.63) is 76.2 Å². The first-order valence-corrected chi connectivity index (χ1v) is 12.9. The number of thiocarbonyl (C=S) groups is 1. The molecule has 2 fully saturated rings. The number of nitrogens with zero attached hydrogens (tertiary/aromatic N) is 3. The van der Waals surface area contributed by atoms with E-state index in [1.54, 1.807) is 0 Å². The van der Waals surface area contributed by atoms with E-state index in [1.165, 1.54) is 5.56 Å². The van der Waals surface area contributed by atoms with Gasteiger partial charge in [-0.3, -0.25) is 9.88 Å². The van der Waals surface area contributed by atoms with Crippen LogP contribution in [0.2, 0.25) is 0 Å². The predicted octanol–water partition coefficient (Wildman–Crippen LogP) is 5.11. The van der Waals surface area contributed by atoms with Crippen molar-refractivity contribution in [3.8, 4) is 11.3 Å². The van der Waals surface area contributed by atoms with Crippen molar-refractivity contribution in [2.75, 3.05) is 39.4 Å². The minimum Gasteiger partial charge on any atom is -0.459 e. The highest BCUT2D eigenvalue weighted by Gasteiger charge is 2.41. The number of nitrogens with one attached hydrogen (secondary N) is 1. The second-order valence-electron chi connectivity index (χ2n) is 8.81. The summed E-state index contributed by atoms with van der Waals surface area (Å²) in [6, 6.07) is 16.3. The lowest BCUT2D eigenvalue weighted by Crippen LogP contribution is -2.38. The van der Waals surface area contributed by atoms with Gasteiger partial charge in [-0.15, -0.1) is 0 Å². The van der Waals surface area contributed by atoms with Crippen LogP contribution in [0.4, 0.5) is 0 Å². The summed E-state index contributed by atoms with van der Waals surface area (Å²) in [4.78, 5) is 9.35. The van der Waals surface area contributed by atoms with Crippen LogP contribution < -0.4 is 5.32 Å². The molecule has 0 bridgehead atoms. The number of rotatable bonds is 7. The first-order valence-electron chi connectivity index (χ1n) is 11.7. The number of halogens is 1. The Bertz CT molecular complexity index is 1130. The lowest BCUT2D eigenvalue weighted by molar-refractivity contribution is 0.0365. The van der Waals surface area contributed by atoms with Crippen LogP contribution in [0.15, 0.2) is 63.6 Å². The van der Waals surface area contributed by atoms with Crippen LogP contribution in [0.5, 0.6) is 0 Å². The molecule has 34 heavy (non-hydrogen) atoms. The van der Waals surface area contributed by atoms with E-state index < -0.39 is 0 Å². The van der Waals surface area contributed by atoms with Gasteiger partial charge in [0.1, 0.15) is 17.6 Å². The average molecular weight is 542 g/mol. The zero-order valence-electron chi connectivity index (χ0n) is 19.2. The van der Waals surface area contributed by atoms with Crippen LogP contribution in [0.1, 0.15) is 35.5 Å². The minimum absolute atomic E-state index is 0.0648. The van der Waals surface area contributed by atoms with Crippen molar-refractivity contribution in [2.45, 2.75) is 25.4 Å². The summed E-state index contributed by atoms with van der Waals surface area (Å²) in [6.45, 7) is 7.59. The minimum atomic E-state index is -0.0717. The van der Waals surface area contributed by atoms with Gasteiger partial charge in [-0.2, -0.15) is 0 Å². The van der Waals surface area contributed by atoms with Crippen LogP contribution >= 0.6 is 28.1 Å². The summed E-state index contributed by atoms with van der Waals surface area (Å²) in [5, 5.41) is 4.26. The fourth-order valence-electron chi connectivity index (χ4n) is 4.72. The largest absolute Gasteiger partial charge is 0.459 e. The van der Waals surface area contributed by atoms with Gasteiger partial charge in [0.05, 0.1) is 24.9 Å². The standard InChI is InChI=1S/C26H29BrN4O2S/c1-18-6-7-19(20(27)17-18)22-8-9-23(33-22)25-24(21-5-2-3-10-28-21)29-26(34)31(25)12-4-11-30-13-15-32-16-14-30/h2-3,5-10,17,24-25H,4,11-16H2,1H3,(H,29,34). The maximum Gasteiger partial charge on any atom is 0.170 e. The van der Waals surface area contributed by atoms with Crippen LogP contribution in [0, 0.1) is 6.92 Å². The number of aromatic nitrogens is 1. The zero-order chi connectivity index (χ0) is 23.5. The molecule has 0 amide bonds. The lowest BCUT2D eigenvalue weighted by Gasteiger charge is -2.29. The van der Waals surface area contributed by atoms with Gasteiger partial charge in [-0.05, 0) is 67.5 Å². The molecule has 0 radical (unpaired) electrons. The Balaban J connectivity index is 1.41. The third-order valence-electron chi connectivity index (χ3n) is 6.48. The number of furan rings is 1. The highest BCUT2D eigenvalue weighted by Crippen LogP contribution is 2.41. The fourth-order valence-corrected chi connectivity index (χ4v) is 5.74. The van der Waals surface area contributed by atoms with E-state index in [4.69, 9.17) is 21.4 Å². The van der Waals surface area contributed by atoms with Crippen LogP contribution in [0.3, 0.4) is 0 Å². The topological polar surface area (TPSA) is 53.8 Å². The molecular weight excluding hydrogens is 512 g/mol. The van der Waals surface area contributed by atoms with Gasteiger partial charge in [0.15, 0.2) is 5.11 Å². The van der Waals surface area contributed by atoms with Gasteiger partial charge in [0.25, 0.3) is 0 Å². The first kappa shape index (κ1) is 23.5. The maximum atomic E-state index is 6.47. The molecule has 2 saturated heterocycles. The van der Waals surface area contributed by atoms with Crippen molar-refractivity contribution >= 4 is 33.3 Å². The lowest BCUT2D eigenvalue weighted by atomic mass is 10.0. The first-order chi connectivity index (χ1) is 16.6. The van der Waals surface area contributed by atoms with E-state index in [0.29, 0.717) is 0 Å². The average Bonchev–Trinajstić information content (AvgIpc) is 3.45. The number of aryl methyl sites for hydroxylation is 1. The number of ether oxygens (including phenoxy) is 1. The SMILES string of the molecule is Cc1ccc(-c2ccc(C3C(c4ccccn4)NC(=S)N3CCCN3CCOCC3)o2)c(Br)c1. The Morgan fingerprint density at radius 1 is 1.12 bits per heavy atom. The Morgan fingerprint density at radius 2 is 1.97 bits per heavy atom. The normalized spacial score (nSPS) is 21.1. The molecule has 2 atom stereocenters. The maximum absolute atomic E-state index is 6.47. The molecule has 1 N–H and O–H groups in total. The van der Waals surface area contributed by atoms with E-state index >= 15 is 0 Å². The third-order valence-corrected chi connectivity index (χ3v) is 7.49. The van der Waals surface area contributed by atoms with E-state index in [9.17, 15) is 0 Å². The van der Waals surface area contributed by atoms with Crippen molar-refractivity contribution in [3.63, 3.8) is 0 Å². The van der Waals surface area contributed by atoms with Gasteiger partial charge in [-0.1, -0.05) is 28.1 Å². The molecule has 2 aliphatic rings. The Kier molecular flexibility index (Phi) is 7.29. The molecular formula is C26H29BrN4O2S. The highest BCUT2D eigenvalue weighted by atomic mass is 79.9. The molecule has 3 aromatic rings. The van der Waals surface area contributed by atoms with Crippen molar-refractivity contribution in [1.82, 2.24) is 20.1 Å². The number of hydrogen-bond acceptors (Lipinski definition) is 5. The van der Waals surface area contributed by atoms with Gasteiger partial charge < -0.3 is 19.4 Å². The summed E-state index contributed by atoms with van der Waals surface area (Å²) >= 11 is 9.50. The molecule has 5 rings (SSSR count). The molecule has 8 heteroatoms. The molecule has 2 aliphatic heterocycles. The summed E-state index contributed by atoms with van der Waals surface area (Å²) in [7, 11) is 0. The Morgan fingerprint density at radius 3 is 2.74 bits per heavy atom. The van der Waals surface area contributed by atoms with Crippen LogP contribution in [-0.4, -0.2) is 59.3 Å². The molecule has 2 unspecified atom stereocenters. The summed E-state index contributed by atoms with van der Waals surface area (Å²) in [5.74, 6) is 1.73. The number of hydrogen-bond donors (Lipinski definition) is 1. The molecule has 1 aromatic carbocycles. The van der Waals surface area contributed by atoms with Gasteiger partial charge in [0.2, 0.25) is 0 Å². The summed E-state index contributed by atoms with van der Waals surface area (Å²) in [6.07, 6.45) is 2.85. The van der Waals surface area contributed by atoms with Gasteiger partial charge >= 0.3 is 0 Å². The zero-order valence-corrected chi connectivity index (χ0v) is 21.6. The fraction of sp³-hybridized carbons (Fsp3) is 0.385. The van der Waals surface area contributed by atoms with Crippen LogP contribution in [-0.2, 0) is 4.74 Å². The van der Waals surface area contributed by atoms with Crippen molar-refractivity contribution < 1.29 is 9.15 Å². The summed E-state index contributed by atoms with van der Waals surface area (Å²) in [5.41, 5.74) is 3.20. The number of benzene rings is 1. The van der Waals surface area contributed by atoms with E-state index in [1.807, 2.05) is 30.5 Å². The van der Waals surface area contributed by atoms with Crippen molar-refractivity contribution in [2.24, 2.45) is 0 Å². The number of morpholine rings is 1. The monoisotopic (exact) mass is 540 g/mol. The summed E-state index contributed by atoms with van der Waals surface area (Å²) < 4.78 is 13.0. The molecule has 0 aliphatic carbocycles. The Hall–Kier alpha value is -2.26. The third kappa shape index (κ3) is 5.05. The molecule has 2 aromatic heterocycles. The predicted molar refractivity (Wildman–Crippen MR) is 141 cm³/mol. The van der Waals surface area contributed by atoms with E-state index in [0.717, 1.165) is 78.2 Å². The smallest absolute Gasteiger partial charge is 0.170 e. The quantitative estimate of drug-likeness (QED) is 0.418. The second-order valence-corrected chi connectivity index (χ2v) is 10.1. The molecule has 6 nitrogen and oxygen atoms in total.